The fourth-order valence-corrected chi connectivity index (χ4v) is 1.65. The first-order valence-electron chi connectivity index (χ1n) is 5.28. The first-order chi connectivity index (χ1) is 7.20. The van der Waals surface area contributed by atoms with Crippen LogP contribution < -0.4 is 5.73 Å². The summed E-state index contributed by atoms with van der Waals surface area (Å²) in [6, 6.07) is 5.90. The van der Waals surface area contributed by atoms with E-state index in [-0.39, 0.29) is 0 Å². The fourth-order valence-electron chi connectivity index (χ4n) is 1.65. The molecule has 80 valence electrons. The lowest BCUT2D eigenvalue weighted by Crippen LogP contribution is -1.95. The normalized spacial score (nSPS) is 11.5. The topological polar surface area (TPSA) is 52.0 Å². The van der Waals surface area contributed by atoms with E-state index in [1.54, 1.807) is 0 Å². The SMILES string of the molecule is CC(C)Cc1nc2cccc(CN)c2o1. The number of hydrogen-bond acceptors (Lipinski definition) is 3. The summed E-state index contributed by atoms with van der Waals surface area (Å²) in [5.41, 5.74) is 8.42. The highest BCUT2D eigenvalue weighted by molar-refractivity contribution is 5.76. The molecule has 0 saturated carbocycles. The summed E-state index contributed by atoms with van der Waals surface area (Å²) in [5, 5.41) is 0. The van der Waals surface area contributed by atoms with Crippen molar-refractivity contribution in [3.8, 4) is 0 Å². The van der Waals surface area contributed by atoms with E-state index in [0.717, 1.165) is 29.0 Å². The number of oxazole rings is 1. The summed E-state index contributed by atoms with van der Waals surface area (Å²) in [6.45, 7) is 4.80. The molecule has 0 radical (unpaired) electrons. The predicted molar refractivity (Wildman–Crippen MR) is 60.4 cm³/mol. The van der Waals surface area contributed by atoms with Crippen molar-refractivity contribution >= 4 is 11.1 Å². The Kier molecular flexibility index (Phi) is 2.73. The average molecular weight is 204 g/mol. The minimum atomic E-state index is 0.494. The Morgan fingerprint density at radius 3 is 2.87 bits per heavy atom. The molecule has 0 fully saturated rings. The molecular formula is C12H16N2O. The summed E-state index contributed by atoms with van der Waals surface area (Å²) in [6.07, 6.45) is 0.874. The molecule has 1 aromatic heterocycles. The smallest absolute Gasteiger partial charge is 0.195 e. The van der Waals surface area contributed by atoms with Crippen LogP contribution in [0.2, 0.25) is 0 Å². The zero-order valence-corrected chi connectivity index (χ0v) is 9.16. The molecule has 0 aliphatic heterocycles. The molecule has 0 amide bonds. The van der Waals surface area contributed by atoms with Crippen molar-refractivity contribution in [1.29, 1.82) is 0 Å². The van der Waals surface area contributed by atoms with Gasteiger partial charge in [0.2, 0.25) is 0 Å². The Hall–Kier alpha value is -1.35. The van der Waals surface area contributed by atoms with Gasteiger partial charge in [-0.2, -0.15) is 0 Å². The summed E-state index contributed by atoms with van der Waals surface area (Å²) >= 11 is 0. The molecule has 2 rings (SSSR count). The second-order valence-corrected chi connectivity index (χ2v) is 4.18. The molecule has 0 aliphatic rings. The van der Waals surface area contributed by atoms with E-state index in [2.05, 4.69) is 18.8 Å². The van der Waals surface area contributed by atoms with Crippen LogP contribution in [-0.2, 0) is 13.0 Å². The van der Waals surface area contributed by atoms with Gasteiger partial charge in [-0.3, -0.25) is 0 Å². The minimum absolute atomic E-state index is 0.494. The van der Waals surface area contributed by atoms with E-state index in [9.17, 15) is 0 Å². The van der Waals surface area contributed by atoms with Gasteiger partial charge in [-0.1, -0.05) is 26.0 Å². The molecule has 2 aromatic rings. The largest absolute Gasteiger partial charge is 0.440 e. The highest BCUT2D eigenvalue weighted by Gasteiger charge is 2.09. The molecule has 0 bridgehead atoms. The second-order valence-electron chi connectivity index (χ2n) is 4.18. The maximum Gasteiger partial charge on any atom is 0.195 e. The van der Waals surface area contributed by atoms with Crippen molar-refractivity contribution in [2.24, 2.45) is 11.7 Å². The molecule has 0 atom stereocenters. The first-order valence-corrected chi connectivity index (χ1v) is 5.28. The molecule has 0 unspecified atom stereocenters. The zero-order valence-electron chi connectivity index (χ0n) is 9.16. The van der Waals surface area contributed by atoms with Crippen LogP contribution in [0.15, 0.2) is 22.6 Å². The predicted octanol–water partition coefficient (Wildman–Crippen LogP) is 2.48. The Labute approximate surface area is 89.3 Å². The Morgan fingerprint density at radius 1 is 1.40 bits per heavy atom. The Morgan fingerprint density at radius 2 is 2.20 bits per heavy atom. The third-order valence-corrected chi connectivity index (χ3v) is 2.34. The van der Waals surface area contributed by atoms with Crippen LogP contribution >= 0.6 is 0 Å². The van der Waals surface area contributed by atoms with Crippen LogP contribution in [0, 0.1) is 5.92 Å². The molecule has 0 saturated heterocycles. The van der Waals surface area contributed by atoms with E-state index in [4.69, 9.17) is 10.2 Å². The van der Waals surface area contributed by atoms with Gasteiger partial charge in [-0.25, -0.2) is 4.98 Å². The van der Waals surface area contributed by atoms with Crippen LogP contribution in [0.1, 0.15) is 25.3 Å². The van der Waals surface area contributed by atoms with E-state index in [1.165, 1.54) is 0 Å². The van der Waals surface area contributed by atoms with Crippen LogP contribution in [0.5, 0.6) is 0 Å². The van der Waals surface area contributed by atoms with Gasteiger partial charge in [0, 0.05) is 18.5 Å². The van der Waals surface area contributed by atoms with Crippen molar-refractivity contribution in [3.63, 3.8) is 0 Å². The third-order valence-electron chi connectivity index (χ3n) is 2.34. The van der Waals surface area contributed by atoms with Crippen LogP contribution in [-0.4, -0.2) is 4.98 Å². The molecule has 1 heterocycles. The van der Waals surface area contributed by atoms with Gasteiger partial charge in [-0.15, -0.1) is 0 Å². The van der Waals surface area contributed by atoms with Gasteiger partial charge < -0.3 is 10.2 Å². The highest BCUT2D eigenvalue weighted by Crippen LogP contribution is 2.21. The van der Waals surface area contributed by atoms with Crippen LogP contribution in [0.3, 0.4) is 0 Å². The van der Waals surface area contributed by atoms with Gasteiger partial charge in [0.25, 0.3) is 0 Å². The van der Waals surface area contributed by atoms with Crippen LogP contribution in [0.25, 0.3) is 11.1 Å². The van der Waals surface area contributed by atoms with Gasteiger partial charge >= 0.3 is 0 Å². The molecule has 15 heavy (non-hydrogen) atoms. The van der Waals surface area contributed by atoms with Gasteiger partial charge in [0.15, 0.2) is 11.5 Å². The fraction of sp³-hybridized carbons (Fsp3) is 0.417. The maximum absolute atomic E-state index is 5.71. The van der Waals surface area contributed by atoms with E-state index >= 15 is 0 Å². The lowest BCUT2D eigenvalue weighted by Gasteiger charge is -1.97. The molecule has 2 N–H and O–H groups in total. The van der Waals surface area contributed by atoms with Crippen molar-refractivity contribution < 1.29 is 4.42 Å². The van der Waals surface area contributed by atoms with E-state index in [0.29, 0.717) is 12.5 Å². The Balaban J connectivity index is 2.45. The van der Waals surface area contributed by atoms with Gasteiger partial charge in [0.1, 0.15) is 5.52 Å². The number of benzene rings is 1. The van der Waals surface area contributed by atoms with E-state index in [1.807, 2.05) is 18.2 Å². The number of nitrogens with zero attached hydrogens (tertiary/aromatic N) is 1. The summed E-state index contributed by atoms with van der Waals surface area (Å²) in [4.78, 5) is 4.44. The molecule has 1 aromatic carbocycles. The number of nitrogens with two attached hydrogens (primary N) is 1. The standard InChI is InChI=1S/C12H16N2O/c1-8(2)6-11-14-10-5-3-4-9(7-13)12(10)15-11/h3-5,8H,6-7,13H2,1-2H3. The summed E-state index contributed by atoms with van der Waals surface area (Å²) in [7, 11) is 0. The lowest BCUT2D eigenvalue weighted by atomic mass is 10.1. The molecular weight excluding hydrogens is 188 g/mol. The number of rotatable bonds is 3. The number of hydrogen-bond donors (Lipinski definition) is 1. The Bertz CT molecular complexity index is 460. The van der Waals surface area contributed by atoms with Crippen molar-refractivity contribution in [2.45, 2.75) is 26.8 Å². The van der Waals surface area contributed by atoms with Crippen LogP contribution in [0.4, 0.5) is 0 Å². The number of fused-ring (bicyclic) bond motifs is 1. The van der Waals surface area contributed by atoms with E-state index < -0.39 is 0 Å². The van der Waals surface area contributed by atoms with Crippen molar-refractivity contribution in [2.75, 3.05) is 0 Å². The summed E-state index contributed by atoms with van der Waals surface area (Å²) < 4.78 is 5.71. The summed E-state index contributed by atoms with van der Waals surface area (Å²) in [5.74, 6) is 1.36. The molecule has 0 aliphatic carbocycles. The first kappa shape index (κ1) is 10.2. The number of aromatic nitrogens is 1. The monoisotopic (exact) mass is 204 g/mol. The lowest BCUT2D eigenvalue weighted by molar-refractivity contribution is 0.480. The molecule has 0 spiro atoms. The van der Waals surface area contributed by atoms with Crippen molar-refractivity contribution in [1.82, 2.24) is 4.98 Å². The molecule has 3 nitrogen and oxygen atoms in total. The number of para-hydroxylation sites is 1. The highest BCUT2D eigenvalue weighted by atomic mass is 16.3. The maximum atomic E-state index is 5.71. The van der Waals surface area contributed by atoms with Gasteiger partial charge in [0.05, 0.1) is 0 Å². The zero-order chi connectivity index (χ0) is 10.8. The van der Waals surface area contributed by atoms with Crippen molar-refractivity contribution in [3.05, 3.63) is 29.7 Å². The second kappa shape index (κ2) is 4.03. The third kappa shape index (κ3) is 2.02. The average Bonchev–Trinajstić information content (AvgIpc) is 2.58. The van der Waals surface area contributed by atoms with Gasteiger partial charge in [-0.05, 0) is 12.0 Å². The quantitative estimate of drug-likeness (QED) is 0.835. The minimum Gasteiger partial charge on any atom is -0.440 e. The molecule has 3 heteroatoms.